The van der Waals surface area contributed by atoms with Crippen LogP contribution in [0, 0.1) is 0 Å². The molecular weight excluding hydrogens is 493 g/mol. The second-order valence-corrected chi connectivity index (χ2v) is 7.53. The Bertz CT molecular complexity index is 611. The third-order valence-corrected chi connectivity index (χ3v) is 5.45. The summed E-state index contributed by atoms with van der Waals surface area (Å²) in [6.45, 7) is 6.71. The first kappa shape index (κ1) is 26.9. The summed E-state index contributed by atoms with van der Waals surface area (Å²) in [6.07, 6.45) is 3.58. The van der Waals surface area contributed by atoms with Crippen LogP contribution in [-0.4, -0.2) is 89.9 Å². The molecule has 0 radical (unpaired) electrons. The number of nitrogens with zero attached hydrogens (tertiary/aromatic N) is 3. The summed E-state index contributed by atoms with van der Waals surface area (Å²) in [4.78, 5) is 9.23. The number of guanidine groups is 1. The maximum Gasteiger partial charge on any atom is 0.191 e. The van der Waals surface area contributed by atoms with Gasteiger partial charge in [-0.05, 0) is 52.0 Å². The lowest BCUT2D eigenvalue weighted by Gasteiger charge is -2.30. The fourth-order valence-corrected chi connectivity index (χ4v) is 3.76. The van der Waals surface area contributed by atoms with E-state index < -0.39 is 0 Å². The van der Waals surface area contributed by atoms with Gasteiger partial charge in [-0.2, -0.15) is 0 Å². The Morgan fingerprint density at radius 3 is 2.57 bits per heavy atom. The number of aliphatic imine (C=N–C) groups is 1. The summed E-state index contributed by atoms with van der Waals surface area (Å²) in [7, 11) is 7.44. The van der Waals surface area contributed by atoms with Gasteiger partial charge in [0.05, 0.1) is 19.8 Å². The van der Waals surface area contributed by atoms with Crippen molar-refractivity contribution in [1.82, 2.24) is 20.4 Å². The minimum Gasteiger partial charge on any atom is -0.496 e. The smallest absolute Gasteiger partial charge is 0.191 e. The van der Waals surface area contributed by atoms with Gasteiger partial charge < -0.3 is 25.0 Å². The van der Waals surface area contributed by atoms with Crippen LogP contribution in [0.1, 0.15) is 30.9 Å². The van der Waals surface area contributed by atoms with Crippen molar-refractivity contribution >= 4 is 29.9 Å². The Balaban J connectivity index is 0.00000450. The fourth-order valence-electron chi connectivity index (χ4n) is 3.76. The van der Waals surface area contributed by atoms with Crippen LogP contribution in [0.15, 0.2) is 29.3 Å². The zero-order valence-electron chi connectivity index (χ0n) is 19.0. The van der Waals surface area contributed by atoms with Crippen LogP contribution < -0.4 is 15.4 Å². The average molecular weight is 533 g/mol. The van der Waals surface area contributed by atoms with Crippen LogP contribution in [0.25, 0.3) is 0 Å². The Morgan fingerprint density at radius 2 is 1.90 bits per heavy atom. The van der Waals surface area contributed by atoms with Crippen LogP contribution in [0.4, 0.5) is 0 Å². The highest BCUT2D eigenvalue weighted by molar-refractivity contribution is 14.0. The van der Waals surface area contributed by atoms with Crippen LogP contribution >= 0.6 is 24.0 Å². The molecule has 7 nitrogen and oxygen atoms in total. The molecule has 0 spiro atoms. The van der Waals surface area contributed by atoms with Gasteiger partial charge in [0.1, 0.15) is 5.75 Å². The summed E-state index contributed by atoms with van der Waals surface area (Å²) in [6, 6.07) is 8.61. The Hall–Kier alpha value is -1.10. The molecule has 1 aliphatic heterocycles. The molecule has 2 N–H and O–H groups in total. The summed E-state index contributed by atoms with van der Waals surface area (Å²) in [5.41, 5.74) is 1.24. The van der Waals surface area contributed by atoms with E-state index in [1.165, 1.54) is 18.4 Å². The standard InChI is InChI=1S/C22H39N5O2.HI/c1-23-22(24-12-9-13-26(2)16-17-28-3)25-18-20(27-14-7-8-15-27)19-10-5-6-11-21(19)29-4;/h5-6,10-11,20H,7-9,12-18H2,1-4H3,(H2,23,24,25);1H. The lowest BCUT2D eigenvalue weighted by atomic mass is 10.0. The summed E-state index contributed by atoms with van der Waals surface area (Å²) in [5.74, 6) is 1.80. The van der Waals surface area contributed by atoms with Crippen molar-refractivity contribution < 1.29 is 9.47 Å². The van der Waals surface area contributed by atoms with Crippen molar-refractivity contribution in [3.63, 3.8) is 0 Å². The molecule has 1 aliphatic rings. The lowest BCUT2D eigenvalue weighted by Crippen LogP contribution is -2.43. The maximum atomic E-state index is 5.63. The highest BCUT2D eigenvalue weighted by atomic mass is 127. The van der Waals surface area contributed by atoms with E-state index in [1.807, 2.05) is 19.2 Å². The van der Waals surface area contributed by atoms with Gasteiger partial charge in [0, 0.05) is 39.4 Å². The fraction of sp³-hybridized carbons (Fsp3) is 0.682. The summed E-state index contributed by atoms with van der Waals surface area (Å²) in [5, 5.41) is 6.96. The molecule has 1 fully saturated rings. The van der Waals surface area contributed by atoms with Gasteiger partial charge in [0.2, 0.25) is 0 Å². The molecule has 0 saturated carbocycles. The SMILES string of the molecule is CN=C(NCCCN(C)CCOC)NCC(c1ccccc1OC)N1CCCC1.I. The average Bonchev–Trinajstić information content (AvgIpc) is 3.28. The third-order valence-electron chi connectivity index (χ3n) is 5.45. The topological polar surface area (TPSA) is 61.4 Å². The molecule has 172 valence electrons. The largest absolute Gasteiger partial charge is 0.496 e. The van der Waals surface area contributed by atoms with Gasteiger partial charge in [-0.25, -0.2) is 0 Å². The van der Waals surface area contributed by atoms with Gasteiger partial charge in [-0.3, -0.25) is 9.89 Å². The van der Waals surface area contributed by atoms with Gasteiger partial charge in [0.15, 0.2) is 5.96 Å². The van der Waals surface area contributed by atoms with Gasteiger partial charge in [-0.15, -0.1) is 24.0 Å². The molecule has 0 aromatic heterocycles. The van der Waals surface area contributed by atoms with Crippen LogP contribution in [0.2, 0.25) is 0 Å². The zero-order chi connectivity index (χ0) is 20.9. The predicted molar refractivity (Wildman–Crippen MR) is 135 cm³/mol. The van der Waals surface area contributed by atoms with Gasteiger partial charge in [-0.1, -0.05) is 18.2 Å². The number of likely N-dealkylation sites (N-methyl/N-ethyl adjacent to an activating group) is 1. The van der Waals surface area contributed by atoms with E-state index in [2.05, 4.69) is 44.6 Å². The zero-order valence-corrected chi connectivity index (χ0v) is 21.4. The monoisotopic (exact) mass is 533 g/mol. The highest BCUT2D eigenvalue weighted by Gasteiger charge is 2.25. The van der Waals surface area contributed by atoms with Crippen molar-refractivity contribution in [1.29, 1.82) is 0 Å². The molecule has 0 amide bonds. The molecule has 1 saturated heterocycles. The number of nitrogens with one attached hydrogen (secondary N) is 2. The molecule has 1 atom stereocenters. The van der Waals surface area contributed by atoms with Gasteiger partial charge in [0.25, 0.3) is 0 Å². The quantitative estimate of drug-likeness (QED) is 0.187. The number of halogens is 1. The molecule has 0 aliphatic carbocycles. The van der Waals surface area contributed by atoms with E-state index in [9.17, 15) is 0 Å². The second-order valence-electron chi connectivity index (χ2n) is 7.53. The first-order valence-corrected chi connectivity index (χ1v) is 10.7. The molecule has 1 aromatic carbocycles. The molecule has 30 heavy (non-hydrogen) atoms. The van der Waals surface area contributed by atoms with Crippen molar-refractivity contribution in [2.75, 3.05) is 74.2 Å². The lowest BCUT2D eigenvalue weighted by molar-refractivity contribution is 0.161. The molecule has 2 rings (SSSR count). The van der Waals surface area contributed by atoms with Crippen LogP contribution in [-0.2, 0) is 4.74 Å². The van der Waals surface area contributed by atoms with Crippen molar-refractivity contribution in [3.05, 3.63) is 29.8 Å². The molecule has 1 aromatic rings. The number of likely N-dealkylation sites (tertiary alicyclic amines) is 1. The number of para-hydroxylation sites is 1. The first-order chi connectivity index (χ1) is 14.2. The van der Waals surface area contributed by atoms with E-state index in [1.54, 1.807) is 14.2 Å². The molecular formula is C22H40IN5O2. The van der Waals surface area contributed by atoms with E-state index in [0.29, 0.717) is 0 Å². The summed E-state index contributed by atoms with van der Waals surface area (Å²) < 4.78 is 10.8. The Labute approximate surface area is 199 Å². The van der Waals surface area contributed by atoms with E-state index in [-0.39, 0.29) is 30.0 Å². The predicted octanol–water partition coefficient (Wildman–Crippen LogP) is 2.58. The second kappa shape index (κ2) is 15.7. The molecule has 1 heterocycles. The molecule has 8 heteroatoms. The van der Waals surface area contributed by atoms with Gasteiger partial charge >= 0.3 is 0 Å². The third kappa shape index (κ3) is 8.95. The molecule has 0 bridgehead atoms. The van der Waals surface area contributed by atoms with E-state index in [0.717, 1.165) is 64.0 Å². The van der Waals surface area contributed by atoms with Crippen LogP contribution in [0.3, 0.4) is 0 Å². The van der Waals surface area contributed by atoms with Crippen molar-refractivity contribution in [2.45, 2.75) is 25.3 Å². The number of methoxy groups -OCH3 is 2. The number of ether oxygens (including phenoxy) is 2. The van der Waals surface area contributed by atoms with Crippen LogP contribution in [0.5, 0.6) is 5.75 Å². The van der Waals surface area contributed by atoms with E-state index >= 15 is 0 Å². The maximum absolute atomic E-state index is 5.63. The highest BCUT2D eigenvalue weighted by Crippen LogP contribution is 2.31. The number of hydrogen-bond acceptors (Lipinski definition) is 5. The normalized spacial score (nSPS) is 15.7. The van der Waals surface area contributed by atoms with Crippen molar-refractivity contribution in [3.8, 4) is 5.75 Å². The van der Waals surface area contributed by atoms with Crippen molar-refractivity contribution in [2.24, 2.45) is 4.99 Å². The number of rotatable bonds is 12. The number of benzene rings is 1. The minimum absolute atomic E-state index is 0. The Kier molecular flexibility index (Phi) is 14.1. The number of hydrogen-bond donors (Lipinski definition) is 2. The summed E-state index contributed by atoms with van der Waals surface area (Å²) >= 11 is 0. The molecule has 1 unspecified atom stereocenters. The first-order valence-electron chi connectivity index (χ1n) is 10.7. The van der Waals surface area contributed by atoms with E-state index in [4.69, 9.17) is 9.47 Å². The minimum atomic E-state index is 0. The Morgan fingerprint density at radius 1 is 1.17 bits per heavy atom.